The van der Waals surface area contributed by atoms with Gasteiger partial charge in [0.15, 0.2) is 0 Å². The number of carbonyl (C=O) groups is 2. The second kappa shape index (κ2) is 8.48. The Hall–Kier alpha value is -2.60. The molecule has 2 heterocycles. The molecule has 1 aliphatic rings. The number of benzene rings is 1. The van der Waals surface area contributed by atoms with Crippen molar-refractivity contribution in [3.63, 3.8) is 0 Å². The van der Waals surface area contributed by atoms with Crippen molar-refractivity contribution in [1.29, 1.82) is 0 Å². The lowest BCUT2D eigenvalue weighted by Crippen LogP contribution is -2.35. The molecule has 132 valence electrons. The van der Waals surface area contributed by atoms with Crippen LogP contribution in [0.25, 0.3) is 0 Å². The molecule has 0 unspecified atom stereocenters. The van der Waals surface area contributed by atoms with Gasteiger partial charge in [0.05, 0.1) is 19.4 Å². The van der Waals surface area contributed by atoms with Gasteiger partial charge in [-0.2, -0.15) is 0 Å². The molecule has 2 aromatic rings. The van der Waals surface area contributed by atoms with Crippen molar-refractivity contribution < 1.29 is 14.0 Å². The highest BCUT2D eigenvalue weighted by Crippen LogP contribution is 2.15. The van der Waals surface area contributed by atoms with Crippen LogP contribution >= 0.6 is 0 Å². The number of hydrogen-bond acceptors (Lipinski definition) is 4. The van der Waals surface area contributed by atoms with Crippen LogP contribution < -0.4 is 10.6 Å². The van der Waals surface area contributed by atoms with Crippen LogP contribution in [0.4, 0.5) is 5.69 Å². The van der Waals surface area contributed by atoms with E-state index in [2.05, 4.69) is 10.6 Å². The number of piperidine rings is 1. The van der Waals surface area contributed by atoms with E-state index in [-0.39, 0.29) is 18.4 Å². The van der Waals surface area contributed by atoms with Gasteiger partial charge in [-0.15, -0.1) is 0 Å². The number of furan rings is 1. The Morgan fingerprint density at radius 3 is 2.48 bits per heavy atom. The largest absolute Gasteiger partial charge is 0.468 e. The van der Waals surface area contributed by atoms with Crippen molar-refractivity contribution >= 4 is 17.5 Å². The van der Waals surface area contributed by atoms with Crippen molar-refractivity contribution in [2.75, 3.05) is 25.0 Å². The minimum Gasteiger partial charge on any atom is -0.468 e. The number of amides is 2. The van der Waals surface area contributed by atoms with Gasteiger partial charge in [0.25, 0.3) is 5.91 Å². The van der Waals surface area contributed by atoms with E-state index in [1.54, 1.807) is 30.5 Å². The number of anilines is 1. The molecule has 0 saturated carbocycles. The van der Waals surface area contributed by atoms with E-state index in [9.17, 15) is 9.59 Å². The predicted molar refractivity (Wildman–Crippen MR) is 95.2 cm³/mol. The van der Waals surface area contributed by atoms with Crippen molar-refractivity contribution in [3.8, 4) is 0 Å². The Kier molecular flexibility index (Phi) is 5.85. The van der Waals surface area contributed by atoms with Crippen LogP contribution in [0.15, 0.2) is 47.1 Å². The summed E-state index contributed by atoms with van der Waals surface area (Å²) in [5.74, 6) is 0.715. The molecule has 1 aromatic heterocycles. The quantitative estimate of drug-likeness (QED) is 0.847. The van der Waals surface area contributed by atoms with Crippen LogP contribution in [0.1, 0.15) is 35.4 Å². The molecular weight excluding hydrogens is 318 g/mol. The molecule has 0 aliphatic carbocycles. The first kappa shape index (κ1) is 17.2. The molecule has 0 atom stereocenters. The molecule has 6 heteroatoms. The molecule has 0 radical (unpaired) electrons. The molecule has 6 nitrogen and oxygen atoms in total. The van der Waals surface area contributed by atoms with Crippen LogP contribution in [0.3, 0.4) is 0 Å². The normalized spacial score (nSPS) is 14.3. The Labute approximate surface area is 147 Å². The number of likely N-dealkylation sites (tertiary alicyclic amines) is 1. The summed E-state index contributed by atoms with van der Waals surface area (Å²) in [7, 11) is 0. The fourth-order valence-corrected chi connectivity index (χ4v) is 2.89. The van der Waals surface area contributed by atoms with Gasteiger partial charge in [0, 0.05) is 24.3 Å². The van der Waals surface area contributed by atoms with Crippen molar-refractivity contribution in [3.05, 3.63) is 54.0 Å². The Morgan fingerprint density at radius 1 is 1.04 bits per heavy atom. The van der Waals surface area contributed by atoms with E-state index in [1.807, 2.05) is 17.0 Å². The summed E-state index contributed by atoms with van der Waals surface area (Å²) in [6.45, 7) is 2.36. The van der Waals surface area contributed by atoms with E-state index in [4.69, 9.17) is 4.42 Å². The van der Waals surface area contributed by atoms with Gasteiger partial charge < -0.3 is 20.0 Å². The molecule has 1 aliphatic heterocycles. The van der Waals surface area contributed by atoms with Gasteiger partial charge >= 0.3 is 0 Å². The maximum absolute atomic E-state index is 12.4. The summed E-state index contributed by atoms with van der Waals surface area (Å²) in [6.07, 6.45) is 4.95. The summed E-state index contributed by atoms with van der Waals surface area (Å²) in [5, 5.41) is 5.82. The third kappa shape index (κ3) is 4.93. The van der Waals surface area contributed by atoms with Crippen LogP contribution in [-0.2, 0) is 11.3 Å². The topological polar surface area (TPSA) is 74.6 Å². The first-order valence-corrected chi connectivity index (χ1v) is 8.65. The van der Waals surface area contributed by atoms with Crippen molar-refractivity contribution in [2.45, 2.75) is 25.8 Å². The van der Waals surface area contributed by atoms with E-state index in [0.29, 0.717) is 17.8 Å². The molecule has 1 aromatic carbocycles. The van der Waals surface area contributed by atoms with E-state index in [1.165, 1.54) is 6.42 Å². The lowest BCUT2D eigenvalue weighted by molar-refractivity contribution is -0.115. The summed E-state index contributed by atoms with van der Waals surface area (Å²) < 4.78 is 5.19. The summed E-state index contributed by atoms with van der Waals surface area (Å²) in [5.41, 5.74) is 1.34. The Bertz CT molecular complexity index is 689. The predicted octanol–water partition coefficient (Wildman–Crippen LogP) is 2.63. The number of hydrogen-bond donors (Lipinski definition) is 2. The minimum atomic E-state index is -0.137. The molecule has 2 amide bonds. The summed E-state index contributed by atoms with van der Waals surface area (Å²) in [6, 6.07) is 10.7. The SMILES string of the molecule is O=C(CNCc1ccco1)Nc1ccc(C(=O)N2CCCCC2)cc1. The average molecular weight is 341 g/mol. The maximum atomic E-state index is 12.4. The summed E-state index contributed by atoms with van der Waals surface area (Å²) in [4.78, 5) is 26.2. The van der Waals surface area contributed by atoms with Gasteiger partial charge in [-0.3, -0.25) is 9.59 Å². The molecule has 1 fully saturated rings. The van der Waals surface area contributed by atoms with E-state index >= 15 is 0 Å². The number of nitrogens with one attached hydrogen (secondary N) is 2. The number of carbonyl (C=O) groups excluding carboxylic acids is 2. The second-order valence-corrected chi connectivity index (χ2v) is 6.16. The zero-order chi connectivity index (χ0) is 17.5. The smallest absolute Gasteiger partial charge is 0.253 e. The van der Waals surface area contributed by atoms with Crippen LogP contribution in [-0.4, -0.2) is 36.3 Å². The highest BCUT2D eigenvalue weighted by Gasteiger charge is 2.17. The highest BCUT2D eigenvalue weighted by molar-refractivity contribution is 5.96. The molecule has 0 spiro atoms. The Morgan fingerprint density at radius 2 is 1.80 bits per heavy atom. The first-order chi connectivity index (χ1) is 12.2. The zero-order valence-electron chi connectivity index (χ0n) is 14.2. The minimum absolute atomic E-state index is 0.0673. The standard InChI is InChI=1S/C19H23N3O3/c23-18(14-20-13-17-5-4-12-25-17)21-16-8-6-15(7-9-16)19(24)22-10-2-1-3-11-22/h4-9,12,20H,1-3,10-11,13-14H2,(H,21,23). The van der Waals surface area contributed by atoms with E-state index in [0.717, 1.165) is 31.7 Å². The molecular formula is C19H23N3O3. The summed E-state index contributed by atoms with van der Waals surface area (Å²) >= 11 is 0. The van der Waals surface area contributed by atoms with Gasteiger partial charge in [-0.25, -0.2) is 0 Å². The number of rotatable bonds is 6. The zero-order valence-corrected chi connectivity index (χ0v) is 14.2. The van der Waals surface area contributed by atoms with Crippen LogP contribution in [0.2, 0.25) is 0 Å². The molecule has 25 heavy (non-hydrogen) atoms. The van der Waals surface area contributed by atoms with Crippen molar-refractivity contribution in [1.82, 2.24) is 10.2 Å². The van der Waals surface area contributed by atoms with Crippen LogP contribution in [0.5, 0.6) is 0 Å². The fourth-order valence-electron chi connectivity index (χ4n) is 2.89. The van der Waals surface area contributed by atoms with Gasteiger partial charge in [-0.05, 0) is 55.7 Å². The lowest BCUT2D eigenvalue weighted by Gasteiger charge is -2.26. The second-order valence-electron chi connectivity index (χ2n) is 6.16. The van der Waals surface area contributed by atoms with Crippen LogP contribution in [0, 0.1) is 0 Å². The average Bonchev–Trinajstić information content (AvgIpc) is 3.16. The fraction of sp³-hybridized carbons (Fsp3) is 0.368. The first-order valence-electron chi connectivity index (χ1n) is 8.65. The molecule has 3 rings (SSSR count). The maximum Gasteiger partial charge on any atom is 0.253 e. The van der Waals surface area contributed by atoms with E-state index < -0.39 is 0 Å². The van der Waals surface area contributed by atoms with Gasteiger partial charge in [0.1, 0.15) is 5.76 Å². The van der Waals surface area contributed by atoms with Gasteiger partial charge in [-0.1, -0.05) is 0 Å². The third-order valence-electron chi connectivity index (χ3n) is 4.22. The third-order valence-corrected chi connectivity index (χ3v) is 4.22. The number of nitrogens with zero attached hydrogens (tertiary/aromatic N) is 1. The molecule has 2 N–H and O–H groups in total. The van der Waals surface area contributed by atoms with Gasteiger partial charge in [0.2, 0.25) is 5.91 Å². The molecule has 1 saturated heterocycles. The monoisotopic (exact) mass is 341 g/mol. The Balaban J connectivity index is 1.46. The van der Waals surface area contributed by atoms with Crippen molar-refractivity contribution in [2.24, 2.45) is 0 Å². The highest BCUT2D eigenvalue weighted by atomic mass is 16.3. The molecule has 0 bridgehead atoms. The lowest BCUT2D eigenvalue weighted by atomic mass is 10.1.